The highest BCUT2D eigenvalue weighted by atomic mass is 16.5. The number of aliphatic carboxylic acids is 1. The van der Waals surface area contributed by atoms with Crippen LogP contribution in [0.2, 0.25) is 0 Å². The summed E-state index contributed by atoms with van der Waals surface area (Å²) in [6.07, 6.45) is 5.56. The molecule has 0 radical (unpaired) electrons. The second kappa shape index (κ2) is 8.51. The zero-order valence-corrected chi connectivity index (χ0v) is 18.3. The van der Waals surface area contributed by atoms with E-state index in [4.69, 9.17) is 9.84 Å². The van der Waals surface area contributed by atoms with E-state index in [0.717, 1.165) is 44.6 Å². The van der Waals surface area contributed by atoms with E-state index in [-0.39, 0.29) is 5.92 Å². The molecule has 4 heteroatoms. The van der Waals surface area contributed by atoms with Crippen molar-refractivity contribution in [2.24, 2.45) is 11.8 Å². The third kappa shape index (κ3) is 4.27. The van der Waals surface area contributed by atoms with E-state index < -0.39 is 5.97 Å². The van der Waals surface area contributed by atoms with E-state index >= 15 is 0 Å². The van der Waals surface area contributed by atoms with Crippen LogP contribution in [0.3, 0.4) is 0 Å². The van der Waals surface area contributed by atoms with Gasteiger partial charge in [-0.1, -0.05) is 35.9 Å². The third-order valence-corrected chi connectivity index (χ3v) is 7.36. The Morgan fingerprint density at radius 1 is 1.06 bits per heavy atom. The first-order valence-corrected chi connectivity index (χ1v) is 11.5. The lowest BCUT2D eigenvalue weighted by Crippen LogP contribution is -2.50. The monoisotopic (exact) mass is 417 g/mol. The van der Waals surface area contributed by atoms with Crippen molar-refractivity contribution in [3.63, 3.8) is 0 Å². The fraction of sp³-hybridized carbons (Fsp3) is 0.444. The summed E-state index contributed by atoms with van der Waals surface area (Å²) in [6.45, 7) is 5.25. The number of likely N-dealkylation sites (tertiary alicyclic amines) is 1. The average molecular weight is 418 g/mol. The number of carbonyl (C=O) groups is 1. The lowest BCUT2D eigenvalue weighted by Gasteiger charge is -2.38. The molecule has 0 bridgehead atoms. The van der Waals surface area contributed by atoms with Crippen LogP contribution in [0.4, 0.5) is 0 Å². The number of fused-ring (bicyclic) bond motifs is 2. The average Bonchev–Trinajstić information content (AvgIpc) is 2.75. The van der Waals surface area contributed by atoms with Gasteiger partial charge in [0.15, 0.2) is 0 Å². The van der Waals surface area contributed by atoms with Crippen LogP contribution in [-0.4, -0.2) is 42.2 Å². The minimum absolute atomic E-state index is 0.186. The number of allylic oxidation sites excluding steroid dienone is 1. The standard InChI is InChI=1S/C27H31NO3/c1-18-23(14-28-15-24(16-28)27(29)30)9-8-22-13-25(10-11-26(18)22)31-17-19-6-7-20-4-2-3-5-21(20)12-19/h2-5,10-11,13,19,24H,6-9,12,14-17H2,1H3,(H,29,30). The Balaban J connectivity index is 1.20. The van der Waals surface area contributed by atoms with E-state index in [1.165, 1.54) is 39.8 Å². The Hall–Kier alpha value is -2.59. The largest absolute Gasteiger partial charge is 0.493 e. The summed E-state index contributed by atoms with van der Waals surface area (Å²) in [6, 6.07) is 15.4. The van der Waals surface area contributed by atoms with Gasteiger partial charge in [-0.3, -0.25) is 9.69 Å². The number of benzene rings is 2. The number of nitrogens with zero attached hydrogens (tertiary/aromatic N) is 1. The van der Waals surface area contributed by atoms with Gasteiger partial charge < -0.3 is 9.84 Å². The molecule has 0 saturated carbocycles. The van der Waals surface area contributed by atoms with Crippen LogP contribution in [0, 0.1) is 11.8 Å². The fourth-order valence-electron chi connectivity index (χ4n) is 5.35. The molecule has 162 valence electrons. The predicted molar refractivity (Wildman–Crippen MR) is 122 cm³/mol. The van der Waals surface area contributed by atoms with E-state index in [0.29, 0.717) is 19.0 Å². The molecule has 0 spiro atoms. The van der Waals surface area contributed by atoms with E-state index in [1.807, 2.05) is 0 Å². The molecule has 2 aromatic rings. The van der Waals surface area contributed by atoms with Crippen LogP contribution >= 0.6 is 0 Å². The van der Waals surface area contributed by atoms with Gasteiger partial charge in [-0.15, -0.1) is 0 Å². The van der Waals surface area contributed by atoms with Crippen LogP contribution in [0.1, 0.15) is 42.0 Å². The summed E-state index contributed by atoms with van der Waals surface area (Å²) in [5.74, 6) is 0.723. The fourth-order valence-corrected chi connectivity index (χ4v) is 5.35. The molecule has 1 heterocycles. The van der Waals surface area contributed by atoms with Crippen molar-refractivity contribution in [1.29, 1.82) is 0 Å². The lowest BCUT2D eigenvalue weighted by atomic mass is 9.84. The SMILES string of the molecule is CC1=C(CN2CC(C(=O)O)C2)CCc2cc(OCC3CCc4ccccc4C3)ccc21. The van der Waals surface area contributed by atoms with E-state index in [2.05, 4.69) is 54.3 Å². The van der Waals surface area contributed by atoms with Crippen LogP contribution in [0.5, 0.6) is 5.75 Å². The van der Waals surface area contributed by atoms with E-state index in [1.54, 1.807) is 0 Å². The van der Waals surface area contributed by atoms with Gasteiger partial charge in [0.05, 0.1) is 12.5 Å². The Morgan fingerprint density at radius 2 is 1.87 bits per heavy atom. The first-order chi connectivity index (χ1) is 15.1. The van der Waals surface area contributed by atoms with Crippen molar-refractivity contribution < 1.29 is 14.6 Å². The van der Waals surface area contributed by atoms with Crippen LogP contribution in [0.25, 0.3) is 5.57 Å². The van der Waals surface area contributed by atoms with Crippen LogP contribution in [0.15, 0.2) is 48.0 Å². The summed E-state index contributed by atoms with van der Waals surface area (Å²) in [5, 5.41) is 9.08. The molecule has 1 aliphatic heterocycles. The molecule has 1 fully saturated rings. The highest BCUT2D eigenvalue weighted by Crippen LogP contribution is 2.35. The molecule has 31 heavy (non-hydrogen) atoms. The highest BCUT2D eigenvalue weighted by Gasteiger charge is 2.33. The lowest BCUT2D eigenvalue weighted by molar-refractivity contribution is -0.147. The number of hydrogen-bond donors (Lipinski definition) is 1. The van der Waals surface area contributed by atoms with Crippen molar-refractivity contribution in [3.05, 3.63) is 70.3 Å². The summed E-state index contributed by atoms with van der Waals surface area (Å²) < 4.78 is 6.23. The number of ether oxygens (including phenoxy) is 1. The molecule has 2 aliphatic carbocycles. The van der Waals surface area contributed by atoms with Crippen LogP contribution in [-0.2, 0) is 24.1 Å². The molecule has 0 amide bonds. The minimum atomic E-state index is -0.666. The summed E-state index contributed by atoms with van der Waals surface area (Å²) in [4.78, 5) is 13.3. The molecule has 4 nitrogen and oxygen atoms in total. The van der Waals surface area contributed by atoms with E-state index in [9.17, 15) is 4.79 Å². The molecule has 0 aromatic heterocycles. The third-order valence-electron chi connectivity index (χ3n) is 7.36. The Kier molecular flexibility index (Phi) is 5.58. The normalized spacial score (nSPS) is 21.3. The summed E-state index contributed by atoms with van der Waals surface area (Å²) in [7, 11) is 0. The number of rotatable bonds is 6. The van der Waals surface area contributed by atoms with Gasteiger partial charge >= 0.3 is 5.97 Å². The minimum Gasteiger partial charge on any atom is -0.493 e. The van der Waals surface area contributed by atoms with Gasteiger partial charge in [0, 0.05) is 19.6 Å². The summed E-state index contributed by atoms with van der Waals surface area (Å²) in [5.41, 5.74) is 8.50. The van der Waals surface area contributed by atoms with Gasteiger partial charge in [0.25, 0.3) is 0 Å². The first-order valence-electron chi connectivity index (χ1n) is 11.5. The maximum Gasteiger partial charge on any atom is 0.309 e. The Bertz CT molecular complexity index is 1020. The molecule has 1 atom stereocenters. The number of aryl methyl sites for hydroxylation is 2. The molecule has 5 rings (SSSR count). The molecule has 1 N–H and O–H groups in total. The van der Waals surface area contributed by atoms with Gasteiger partial charge in [-0.05, 0) is 84.9 Å². The van der Waals surface area contributed by atoms with Crippen LogP contribution < -0.4 is 4.74 Å². The van der Waals surface area contributed by atoms with Gasteiger partial charge in [-0.25, -0.2) is 0 Å². The molecule has 1 unspecified atom stereocenters. The number of carboxylic acids is 1. The Labute approximate surface area is 184 Å². The van der Waals surface area contributed by atoms with Crippen molar-refractivity contribution >= 4 is 11.5 Å². The molecular formula is C27H31NO3. The first kappa shape index (κ1) is 20.3. The van der Waals surface area contributed by atoms with Gasteiger partial charge in [0.2, 0.25) is 0 Å². The molecule has 3 aliphatic rings. The van der Waals surface area contributed by atoms with Crippen molar-refractivity contribution in [2.75, 3.05) is 26.2 Å². The quantitative estimate of drug-likeness (QED) is 0.746. The second-order valence-corrected chi connectivity index (χ2v) is 9.47. The maximum atomic E-state index is 11.0. The van der Waals surface area contributed by atoms with Gasteiger partial charge in [0.1, 0.15) is 5.75 Å². The zero-order valence-electron chi connectivity index (χ0n) is 18.3. The molecular weight excluding hydrogens is 386 g/mol. The van der Waals surface area contributed by atoms with Crippen molar-refractivity contribution in [1.82, 2.24) is 4.90 Å². The predicted octanol–water partition coefficient (Wildman–Crippen LogP) is 4.61. The number of hydrogen-bond acceptors (Lipinski definition) is 3. The Morgan fingerprint density at radius 3 is 2.68 bits per heavy atom. The second-order valence-electron chi connectivity index (χ2n) is 9.47. The van der Waals surface area contributed by atoms with Gasteiger partial charge in [-0.2, -0.15) is 0 Å². The zero-order chi connectivity index (χ0) is 21.4. The smallest absolute Gasteiger partial charge is 0.309 e. The van der Waals surface area contributed by atoms with Crippen molar-refractivity contribution in [2.45, 2.75) is 39.0 Å². The molecule has 1 saturated heterocycles. The molecule has 2 aromatic carbocycles. The highest BCUT2D eigenvalue weighted by molar-refractivity contribution is 5.73. The maximum absolute atomic E-state index is 11.0. The number of carboxylic acid groups (broad SMARTS) is 1. The summed E-state index contributed by atoms with van der Waals surface area (Å²) >= 11 is 0. The topological polar surface area (TPSA) is 49.8 Å². The van der Waals surface area contributed by atoms with Crippen molar-refractivity contribution in [3.8, 4) is 5.75 Å².